The molecule has 0 saturated heterocycles. The molecule has 1 unspecified atom stereocenters. The minimum atomic E-state index is -0.805. The normalized spacial score (nSPS) is 11.6. The molecule has 2 N–H and O–H groups in total. The average Bonchev–Trinajstić information content (AvgIpc) is 3.00. The number of hydrogen-bond donors (Lipinski definition) is 2. The van der Waals surface area contributed by atoms with Gasteiger partial charge in [-0.05, 0) is 53.6 Å². The lowest BCUT2D eigenvalue weighted by atomic mass is 9.95. The topological polar surface area (TPSA) is 89.9 Å². The molecule has 0 saturated carbocycles. The van der Waals surface area contributed by atoms with Crippen LogP contribution in [0.3, 0.4) is 0 Å². The van der Waals surface area contributed by atoms with Gasteiger partial charge in [0.2, 0.25) is 0 Å². The van der Waals surface area contributed by atoms with Crippen LogP contribution in [0.5, 0.6) is 23.0 Å². The second kappa shape index (κ2) is 12.4. The molecule has 40 heavy (non-hydrogen) atoms. The molecular formula is C32H27ClN2O5. The Balaban J connectivity index is 1.51. The predicted octanol–water partition coefficient (Wildman–Crippen LogP) is 6.47. The largest absolute Gasteiger partial charge is 0.505 e. The molecule has 1 atom stereocenters. The van der Waals surface area contributed by atoms with Crippen LogP contribution in [0.2, 0.25) is 5.02 Å². The Morgan fingerprint density at radius 3 is 2.42 bits per heavy atom. The second-order valence-electron chi connectivity index (χ2n) is 8.98. The standard InChI is InChI=1S/C32H27ClN2O5/c1-38-27-15-14-22(17-28(27)40-19-21-9-4-2-5-10-21)30(35-29(36)20-39-23-11-6-3-7-12-23)25-18-26(33)24-13-8-16-34-31(24)32(25)37/h2-18,30,37H,19-20H2,1H3,(H,35,36). The Kier molecular flexibility index (Phi) is 8.32. The van der Waals surface area contributed by atoms with Gasteiger partial charge < -0.3 is 24.6 Å². The van der Waals surface area contributed by atoms with Crippen molar-refractivity contribution in [1.82, 2.24) is 10.3 Å². The van der Waals surface area contributed by atoms with Gasteiger partial charge in [-0.15, -0.1) is 0 Å². The van der Waals surface area contributed by atoms with Crippen LogP contribution >= 0.6 is 11.6 Å². The van der Waals surface area contributed by atoms with E-state index in [4.69, 9.17) is 25.8 Å². The fourth-order valence-corrected chi connectivity index (χ4v) is 4.63. The number of phenols is 1. The summed E-state index contributed by atoms with van der Waals surface area (Å²) in [6, 6.07) is 28.5. The molecule has 0 radical (unpaired) electrons. The lowest BCUT2D eigenvalue weighted by molar-refractivity contribution is -0.123. The number of benzene rings is 4. The van der Waals surface area contributed by atoms with Gasteiger partial charge in [-0.25, -0.2) is 0 Å². The van der Waals surface area contributed by atoms with Gasteiger partial charge >= 0.3 is 0 Å². The van der Waals surface area contributed by atoms with E-state index in [0.29, 0.717) is 50.9 Å². The molecule has 1 amide bonds. The number of carbonyl (C=O) groups is 1. The number of hydrogen-bond acceptors (Lipinski definition) is 6. The first-order chi connectivity index (χ1) is 19.5. The molecular weight excluding hydrogens is 528 g/mol. The summed E-state index contributed by atoms with van der Waals surface area (Å²) >= 11 is 6.61. The van der Waals surface area contributed by atoms with E-state index in [9.17, 15) is 9.90 Å². The van der Waals surface area contributed by atoms with Crippen LogP contribution in [-0.2, 0) is 11.4 Å². The Morgan fingerprint density at radius 1 is 0.925 bits per heavy atom. The van der Waals surface area contributed by atoms with Crippen molar-refractivity contribution in [2.75, 3.05) is 13.7 Å². The molecule has 0 bridgehead atoms. The highest BCUT2D eigenvalue weighted by atomic mass is 35.5. The molecule has 7 nitrogen and oxygen atoms in total. The highest BCUT2D eigenvalue weighted by Crippen LogP contribution is 2.40. The number of rotatable bonds is 10. The maximum Gasteiger partial charge on any atom is 0.258 e. The van der Waals surface area contributed by atoms with Crippen molar-refractivity contribution in [3.8, 4) is 23.0 Å². The monoisotopic (exact) mass is 554 g/mol. The molecule has 1 heterocycles. The van der Waals surface area contributed by atoms with Gasteiger partial charge in [0.15, 0.2) is 18.1 Å². The van der Waals surface area contributed by atoms with Crippen molar-refractivity contribution >= 4 is 28.4 Å². The van der Waals surface area contributed by atoms with Crippen molar-refractivity contribution in [3.05, 3.63) is 125 Å². The van der Waals surface area contributed by atoms with E-state index in [0.717, 1.165) is 5.56 Å². The van der Waals surface area contributed by atoms with Gasteiger partial charge in [0, 0.05) is 17.1 Å². The summed E-state index contributed by atoms with van der Waals surface area (Å²) in [5.74, 6) is 1.09. The van der Waals surface area contributed by atoms with Crippen molar-refractivity contribution in [3.63, 3.8) is 0 Å². The highest BCUT2D eigenvalue weighted by Gasteiger charge is 2.25. The van der Waals surface area contributed by atoms with Gasteiger partial charge in [-0.1, -0.05) is 66.2 Å². The second-order valence-corrected chi connectivity index (χ2v) is 9.39. The highest BCUT2D eigenvalue weighted by molar-refractivity contribution is 6.35. The fourth-order valence-electron chi connectivity index (χ4n) is 4.36. The number of ether oxygens (including phenoxy) is 3. The molecule has 5 rings (SSSR count). The number of aromatic hydroxyl groups is 1. The zero-order chi connectivity index (χ0) is 27.9. The van der Waals surface area contributed by atoms with E-state index < -0.39 is 11.9 Å². The van der Waals surface area contributed by atoms with Crippen LogP contribution in [0.1, 0.15) is 22.7 Å². The number of nitrogens with zero attached hydrogens (tertiary/aromatic N) is 1. The summed E-state index contributed by atoms with van der Waals surface area (Å²) in [7, 11) is 1.56. The molecule has 0 aliphatic rings. The SMILES string of the molecule is COc1ccc(C(NC(=O)COc2ccccc2)c2cc(Cl)c3cccnc3c2O)cc1OCc1ccccc1. The third kappa shape index (κ3) is 6.11. The predicted molar refractivity (Wildman–Crippen MR) is 154 cm³/mol. The van der Waals surface area contributed by atoms with E-state index in [-0.39, 0.29) is 12.4 Å². The Hall–Kier alpha value is -4.75. The average molecular weight is 555 g/mol. The number of methoxy groups -OCH3 is 1. The summed E-state index contributed by atoms with van der Waals surface area (Å²) in [5.41, 5.74) is 2.34. The Labute approximate surface area is 236 Å². The van der Waals surface area contributed by atoms with Crippen molar-refractivity contribution in [1.29, 1.82) is 0 Å². The van der Waals surface area contributed by atoms with E-state index in [2.05, 4.69) is 10.3 Å². The maximum absolute atomic E-state index is 13.1. The van der Waals surface area contributed by atoms with E-state index >= 15 is 0 Å². The number of para-hydroxylation sites is 1. The van der Waals surface area contributed by atoms with Gasteiger partial charge in [0.05, 0.1) is 18.2 Å². The molecule has 8 heteroatoms. The number of nitrogens with one attached hydrogen (secondary N) is 1. The smallest absolute Gasteiger partial charge is 0.258 e. The van der Waals surface area contributed by atoms with Gasteiger partial charge in [0.25, 0.3) is 5.91 Å². The first-order valence-electron chi connectivity index (χ1n) is 12.6. The van der Waals surface area contributed by atoms with Crippen LogP contribution < -0.4 is 19.5 Å². The lowest BCUT2D eigenvalue weighted by Crippen LogP contribution is -2.33. The maximum atomic E-state index is 13.1. The van der Waals surface area contributed by atoms with Crippen molar-refractivity contribution in [2.45, 2.75) is 12.6 Å². The van der Waals surface area contributed by atoms with Gasteiger partial charge in [-0.3, -0.25) is 9.78 Å². The summed E-state index contributed by atoms with van der Waals surface area (Å²) in [6.07, 6.45) is 1.58. The molecule has 0 aliphatic carbocycles. The first-order valence-corrected chi connectivity index (χ1v) is 13.0. The van der Waals surface area contributed by atoms with E-state index in [1.165, 1.54) is 0 Å². The third-order valence-corrected chi connectivity index (χ3v) is 6.65. The van der Waals surface area contributed by atoms with Crippen LogP contribution in [0.25, 0.3) is 10.9 Å². The van der Waals surface area contributed by atoms with Gasteiger partial charge in [-0.2, -0.15) is 0 Å². The summed E-state index contributed by atoms with van der Waals surface area (Å²) < 4.78 is 17.3. The van der Waals surface area contributed by atoms with Crippen LogP contribution in [-0.4, -0.2) is 29.7 Å². The summed E-state index contributed by atoms with van der Waals surface area (Å²) in [6.45, 7) is 0.0912. The number of fused-ring (bicyclic) bond motifs is 1. The van der Waals surface area contributed by atoms with Crippen LogP contribution in [0.15, 0.2) is 103 Å². The quantitative estimate of drug-likeness (QED) is 0.206. The first kappa shape index (κ1) is 26.8. The van der Waals surface area contributed by atoms with Crippen LogP contribution in [0.4, 0.5) is 0 Å². The van der Waals surface area contributed by atoms with Crippen molar-refractivity contribution < 1.29 is 24.1 Å². The summed E-state index contributed by atoms with van der Waals surface area (Å²) in [4.78, 5) is 17.5. The number of carbonyl (C=O) groups excluding carboxylic acids is 1. The van der Waals surface area contributed by atoms with E-state index in [1.807, 2.05) is 48.5 Å². The number of pyridine rings is 1. The molecule has 1 aromatic heterocycles. The zero-order valence-electron chi connectivity index (χ0n) is 21.7. The number of aromatic nitrogens is 1. The van der Waals surface area contributed by atoms with Gasteiger partial charge in [0.1, 0.15) is 23.6 Å². The summed E-state index contributed by atoms with van der Waals surface area (Å²) in [5, 5.41) is 15.3. The molecule has 5 aromatic rings. The Morgan fingerprint density at radius 2 is 1.68 bits per heavy atom. The van der Waals surface area contributed by atoms with Crippen molar-refractivity contribution in [2.24, 2.45) is 0 Å². The third-order valence-electron chi connectivity index (χ3n) is 6.33. The fraction of sp³-hybridized carbons (Fsp3) is 0.125. The molecule has 202 valence electrons. The molecule has 0 spiro atoms. The minimum Gasteiger partial charge on any atom is -0.505 e. The number of amides is 1. The number of halogens is 1. The molecule has 4 aromatic carbocycles. The zero-order valence-corrected chi connectivity index (χ0v) is 22.5. The minimum absolute atomic E-state index is 0.0863. The Bertz CT molecular complexity index is 1610. The molecule has 0 fully saturated rings. The lowest BCUT2D eigenvalue weighted by Gasteiger charge is -2.23. The van der Waals surface area contributed by atoms with E-state index in [1.54, 1.807) is 61.8 Å². The number of phenolic OH excluding ortho intramolecular Hbond substituents is 1. The molecule has 0 aliphatic heterocycles. The van der Waals surface area contributed by atoms with Crippen LogP contribution in [0, 0.1) is 0 Å².